The lowest BCUT2D eigenvalue weighted by Crippen LogP contribution is -2.59. The van der Waals surface area contributed by atoms with Crippen LogP contribution in [0.15, 0.2) is 66.7 Å². The fraction of sp³-hybridized carbons (Fsp3) is 0.417. The molecule has 3 aromatic carbocycles. The summed E-state index contributed by atoms with van der Waals surface area (Å²) in [5.74, 6) is -0.119. The first-order chi connectivity index (χ1) is 21.0. The highest BCUT2D eigenvalue weighted by Gasteiger charge is 2.43. The number of phenolic OH excluding ortho intramolecular Hbond substituents is 1. The summed E-state index contributed by atoms with van der Waals surface area (Å²) in [4.78, 5) is 43.9. The van der Waals surface area contributed by atoms with E-state index in [2.05, 4.69) is 10.6 Å². The summed E-state index contributed by atoms with van der Waals surface area (Å²) < 4.78 is 10.8. The number of amides is 3. The van der Waals surface area contributed by atoms with Crippen LogP contribution in [-0.2, 0) is 20.7 Å². The van der Waals surface area contributed by atoms with Gasteiger partial charge < -0.3 is 30.1 Å². The lowest BCUT2D eigenvalue weighted by molar-refractivity contribution is -0.147. The number of nitrogens with zero attached hydrogens (tertiary/aromatic N) is 1. The summed E-state index contributed by atoms with van der Waals surface area (Å²) in [6.07, 6.45) is -0.123. The zero-order valence-electron chi connectivity index (χ0n) is 27.9. The minimum Gasteiger partial charge on any atom is -0.508 e. The molecule has 9 nitrogen and oxygen atoms in total. The van der Waals surface area contributed by atoms with E-state index in [0.29, 0.717) is 29.0 Å². The number of nitrogens with one attached hydrogen (secondary N) is 2. The summed E-state index contributed by atoms with van der Waals surface area (Å²) in [6, 6.07) is 17.1. The second-order valence-electron chi connectivity index (χ2n) is 12.9. The minimum atomic E-state index is -1.09. The number of methoxy groups -OCH3 is 1. The van der Waals surface area contributed by atoms with E-state index in [4.69, 9.17) is 9.47 Å². The molecule has 0 aromatic heterocycles. The topological polar surface area (TPSA) is 117 Å². The Balaban J connectivity index is 2.16. The zero-order valence-corrected chi connectivity index (χ0v) is 27.9. The Morgan fingerprint density at radius 3 is 2.07 bits per heavy atom. The largest absolute Gasteiger partial charge is 0.508 e. The van der Waals surface area contributed by atoms with Crippen molar-refractivity contribution in [3.8, 4) is 11.5 Å². The van der Waals surface area contributed by atoms with Crippen molar-refractivity contribution in [2.75, 3.05) is 12.4 Å². The first kappa shape index (κ1) is 35.0. The first-order valence-corrected chi connectivity index (χ1v) is 15.2. The predicted molar refractivity (Wildman–Crippen MR) is 176 cm³/mol. The van der Waals surface area contributed by atoms with Crippen LogP contribution in [0.2, 0.25) is 0 Å². The molecule has 0 bridgehead atoms. The highest BCUT2D eigenvalue weighted by molar-refractivity contribution is 5.99. The fourth-order valence-corrected chi connectivity index (χ4v) is 5.05. The van der Waals surface area contributed by atoms with E-state index in [0.717, 1.165) is 11.1 Å². The van der Waals surface area contributed by atoms with Crippen molar-refractivity contribution in [3.05, 3.63) is 89.0 Å². The van der Waals surface area contributed by atoms with Gasteiger partial charge in [-0.05, 0) is 108 Å². The molecule has 0 spiro atoms. The van der Waals surface area contributed by atoms with Crippen LogP contribution in [0.25, 0.3) is 0 Å². The van der Waals surface area contributed by atoms with Crippen LogP contribution in [0.5, 0.6) is 11.5 Å². The number of aryl methyl sites for hydroxylation is 2. The standard InChI is InChI=1S/C36H47N3O6/c1-10-36(7,8)39(33(42)30(38-34(43)45-35(4,5)6)22-25-12-16-27(40)17-13-25)31(29-20-11-23(2)21-24(29)3)32(41)37-26-14-18-28(44-9)19-15-26/h11-21,30-31,40H,10,22H2,1-9H3,(H,37,41)(H,38,43). The first-order valence-electron chi connectivity index (χ1n) is 15.2. The number of ether oxygens (including phenoxy) is 2. The highest BCUT2D eigenvalue weighted by Crippen LogP contribution is 2.35. The number of carbonyl (C=O) groups is 3. The quantitative estimate of drug-likeness (QED) is 0.217. The number of anilines is 1. The van der Waals surface area contributed by atoms with Gasteiger partial charge in [0.25, 0.3) is 5.91 Å². The molecule has 0 aliphatic heterocycles. The predicted octanol–water partition coefficient (Wildman–Crippen LogP) is 6.85. The van der Waals surface area contributed by atoms with Gasteiger partial charge in [0.2, 0.25) is 5.91 Å². The van der Waals surface area contributed by atoms with Crippen molar-refractivity contribution in [2.24, 2.45) is 0 Å². The highest BCUT2D eigenvalue weighted by atomic mass is 16.6. The van der Waals surface area contributed by atoms with Gasteiger partial charge in [-0.25, -0.2) is 4.79 Å². The van der Waals surface area contributed by atoms with Gasteiger partial charge in [0.1, 0.15) is 29.2 Å². The van der Waals surface area contributed by atoms with Gasteiger partial charge in [-0.2, -0.15) is 0 Å². The van der Waals surface area contributed by atoms with Crippen LogP contribution in [0.3, 0.4) is 0 Å². The Morgan fingerprint density at radius 2 is 1.53 bits per heavy atom. The number of phenols is 1. The monoisotopic (exact) mass is 617 g/mol. The van der Waals surface area contributed by atoms with Crippen LogP contribution < -0.4 is 15.4 Å². The normalized spacial score (nSPS) is 12.9. The number of hydrogen-bond donors (Lipinski definition) is 3. The van der Waals surface area contributed by atoms with Crippen molar-refractivity contribution in [3.63, 3.8) is 0 Å². The molecular formula is C36H47N3O6. The van der Waals surface area contributed by atoms with E-state index in [1.54, 1.807) is 69.2 Å². The Kier molecular flexibility index (Phi) is 11.3. The van der Waals surface area contributed by atoms with Gasteiger partial charge in [0.15, 0.2) is 0 Å². The maximum atomic E-state index is 14.9. The van der Waals surface area contributed by atoms with E-state index < -0.39 is 41.1 Å². The van der Waals surface area contributed by atoms with Crippen molar-refractivity contribution in [1.29, 1.82) is 0 Å². The van der Waals surface area contributed by atoms with Crippen LogP contribution in [0, 0.1) is 13.8 Å². The molecule has 0 saturated carbocycles. The van der Waals surface area contributed by atoms with E-state index >= 15 is 0 Å². The van der Waals surface area contributed by atoms with Crippen molar-refractivity contribution in [2.45, 2.75) is 91.5 Å². The summed E-state index contributed by atoms with van der Waals surface area (Å²) in [5.41, 5.74) is 2.19. The Bertz CT molecular complexity index is 1480. The van der Waals surface area contributed by atoms with E-state index in [9.17, 15) is 19.5 Å². The van der Waals surface area contributed by atoms with E-state index in [1.165, 1.54) is 12.1 Å². The van der Waals surface area contributed by atoms with Crippen molar-refractivity contribution < 1.29 is 29.0 Å². The van der Waals surface area contributed by atoms with E-state index in [-0.39, 0.29) is 12.2 Å². The molecule has 45 heavy (non-hydrogen) atoms. The third kappa shape index (κ3) is 9.48. The Morgan fingerprint density at radius 1 is 0.911 bits per heavy atom. The molecule has 3 amide bonds. The molecule has 242 valence electrons. The van der Waals surface area contributed by atoms with Crippen molar-refractivity contribution in [1.82, 2.24) is 10.2 Å². The lowest BCUT2D eigenvalue weighted by Gasteiger charge is -2.45. The van der Waals surface area contributed by atoms with Crippen LogP contribution in [0.1, 0.15) is 76.3 Å². The van der Waals surface area contributed by atoms with Gasteiger partial charge in [-0.1, -0.05) is 42.8 Å². The fourth-order valence-electron chi connectivity index (χ4n) is 5.05. The lowest BCUT2D eigenvalue weighted by atomic mass is 9.89. The summed E-state index contributed by atoms with van der Waals surface area (Å²) >= 11 is 0. The average molecular weight is 618 g/mol. The molecule has 3 rings (SSSR count). The summed E-state index contributed by atoms with van der Waals surface area (Å²) in [7, 11) is 1.57. The van der Waals surface area contributed by atoms with Gasteiger partial charge >= 0.3 is 6.09 Å². The Hall–Kier alpha value is -4.53. The maximum Gasteiger partial charge on any atom is 0.408 e. The third-order valence-electron chi connectivity index (χ3n) is 7.70. The van der Waals surface area contributed by atoms with Gasteiger partial charge in [-0.3, -0.25) is 9.59 Å². The number of aromatic hydroxyl groups is 1. The van der Waals surface area contributed by atoms with Crippen LogP contribution >= 0.6 is 0 Å². The summed E-state index contributed by atoms with van der Waals surface area (Å²) in [5, 5.41) is 15.6. The number of rotatable bonds is 11. The molecule has 0 fully saturated rings. The second kappa shape index (κ2) is 14.5. The molecule has 0 aliphatic rings. The molecule has 9 heteroatoms. The molecule has 0 aliphatic carbocycles. The molecule has 0 saturated heterocycles. The number of hydrogen-bond acceptors (Lipinski definition) is 6. The van der Waals surface area contributed by atoms with Gasteiger partial charge in [0, 0.05) is 17.6 Å². The van der Waals surface area contributed by atoms with Gasteiger partial charge in [-0.15, -0.1) is 0 Å². The van der Waals surface area contributed by atoms with E-state index in [1.807, 2.05) is 52.8 Å². The number of benzene rings is 3. The number of carbonyl (C=O) groups excluding carboxylic acids is 3. The molecule has 3 N–H and O–H groups in total. The summed E-state index contributed by atoms with van der Waals surface area (Å²) in [6.45, 7) is 14.9. The molecule has 2 atom stereocenters. The third-order valence-corrected chi connectivity index (χ3v) is 7.70. The molecular weight excluding hydrogens is 570 g/mol. The minimum absolute atomic E-state index is 0.0839. The van der Waals surface area contributed by atoms with Crippen LogP contribution in [0.4, 0.5) is 10.5 Å². The number of alkyl carbamates (subject to hydrolysis) is 1. The maximum absolute atomic E-state index is 14.9. The van der Waals surface area contributed by atoms with Crippen molar-refractivity contribution >= 4 is 23.6 Å². The molecule has 3 aromatic rings. The second-order valence-corrected chi connectivity index (χ2v) is 12.9. The van der Waals surface area contributed by atoms with Crippen LogP contribution in [-0.4, -0.2) is 52.2 Å². The SMILES string of the molecule is CCC(C)(C)N(C(=O)C(Cc1ccc(O)cc1)NC(=O)OC(C)(C)C)C(C(=O)Nc1ccc(OC)cc1)c1ccc(C)cc1C. The molecule has 0 radical (unpaired) electrons. The van der Waals surface area contributed by atoms with Gasteiger partial charge in [0.05, 0.1) is 7.11 Å². The molecule has 2 unspecified atom stereocenters. The zero-order chi connectivity index (χ0) is 33.5. The Labute approximate surface area is 266 Å². The average Bonchev–Trinajstić information content (AvgIpc) is 2.96. The smallest absolute Gasteiger partial charge is 0.408 e. The molecule has 0 heterocycles.